The molecule has 0 fully saturated rings. The van der Waals surface area contributed by atoms with Crippen LogP contribution in [0.2, 0.25) is 0 Å². The van der Waals surface area contributed by atoms with E-state index in [9.17, 15) is 0 Å². The molecule has 0 heterocycles. The van der Waals surface area contributed by atoms with Gasteiger partial charge in [0.25, 0.3) is 0 Å². The van der Waals surface area contributed by atoms with Gasteiger partial charge in [0.2, 0.25) is 0 Å². The van der Waals surface area contributed by atoms with Crippen molar-refractivity contribution in [3.8, 4) is 33.4 Å². The van der Waals surface area contributed by atoms with Crippen molar-refractivity contribution in [1.29, 1.82) is 0 Å². The van der Waals surface area contributed by atoms with Crippen LogP contribution in [-0.4, -0.2) is 0 Å². The summed E-state index contributed by atoms with van der Waals surface area (Å²) < 4.78 is 0. The predicted octanol–water partition coefficient (Wildman–Crippen LogP) is 14.8. The first kappa shape index (κ1) is 34.5. The second-order valence-electron chi connectivity index (χ2n) is 15.8. The SMILES string of the molecule is C=Cc1ccc(C2(c3ccc(C=C)cc3)c3ccccc3-c3c(N(c4ccc(-c5ccccc5)cc4)c4ccc5c(c4)C(C)(C)c4ccccc4-5)cccc32)cc1. The minimum Gasteiger partial charge on any atom is -0.310 e. The Kier molecular flexibility index (Phi) is 8.09. The molecule has 10 rings (SSSR count). The number of rotatable bonds is 8. The van der Waals surface area contributed by atoms with E-state index < -0.39 is 5.41 Å². The normalized spacial score (nSPS) is 13.9. The van der Waals surface area contributed by atoms with E-state index >= 15 is 0 Å². The summed E-state index contributed by atoms with van der Waals surface area (Å²) in [4.78, 5) is 2.49. The highest BCUT2D eigenvalue weighted by atomic mass is 15.1. The highest BCUT2D eigenvalue weighted by Gasteiger charge is 2.47. The van der Waals surface area contributed by atoms with Gasteiger partial charge < -0.3 is 4.90 Å². The van der Waals surface area contributed by atoms with E-state index in [2.05, 4.69) is 220 Å². The van der Waals surface area contributed by atoms with Gasteiger partial charge in [0.05, 0.1) is 11.1 Å². The van der Waals surface area contributed by atoms with Crippen LogP contribution in [0.5, 0.6) is 0 Å². The summed E-state index contributed by atoms with van der Waals surface area (Å²) in [6.07, 6.45) is 3.84. The molecule has 1 heteroatoms. The molecule has 0 aromatic heterocycles. The molecule has 0 N–H and O–H groups in total. The summed E-state index contributed by atoms with van der Waals surface area (Å²) in [6.45, 7) is 12.8. The van der Waals surface area contributed by atoms with Gasteiger partial charge >= 0.3 is 0 Å². The lowest BCUT2D eigenvalue weighted by molar-refractivity contribution is 0.660. The molecule has 0 saturated carbocycles. The number of fused-ring (bicyclic) bond motifs is 6. The Morgan fingerprint density at radius 2 is 0.947 bits per heavy atom. The van der Waals surface area contributed by atoms with Gasteiger partial charge in [0, 0.05) is 22.4 Å². The summed E-state index contributed by atoms with van der Waals surface area (Å²) in [7, 11) is 0. The van der Waals surface area contributed by atoms with E-state index in [1.807, 2.05) is 12.2 Å². The maximum absolute atomic E-state index is 4.06. The molecule has 8 aromatic rings. The maximum Gasteiger partial charge on any atom is 0.0714 e. The van der Waals surface area contributed by atoms with Gasteiger partial charge in [0.1, 0.15) is 0 Å². The van der Waals surface area contributed by atoms with E-state index in [-0.39, 0.29) is 5.41 Å². The van der Waals surface area contributed by atoms with Crippen LogP contribution in [0, 0.1) is 0 Å². The van der Waals surface area contributed by atoms with E-state index in [0.29, 0.717) is 0 Å². The standard InChI is InChI=1S/C56H43N/c1-5-38-23-29-42(30-24-38)56(43-31-25-39(6-2)26-32-43)50-20-13-11-18-48(50)54-51(56)21-14-22-53(54)57(44-33-27-41(28-34-44)40-15-8-7-9-16-40)45-35-36-47-46-17-10-12-19-49(46)55(3,4)52(47)37-45/h5-37H,1-2H2,3-4H3. The highest BCUT2D eigenvalue weighted by molar-refractivity contribution is 5.98. The molecule has 0 amide bonds. The molecule has 2 aliphatic carbocycles. The summed E-state index contributed by atoms with van der Waals surface area (Å²) in [5, 5.41) is 0. The zero-order chi connectivity index (χ0) is 38.7. The topological polar surface area (TPSA) is 3.24 Å². The molecule has 272 valence electrons. The van der Waals surface area contributed by atoms with Gasteiger partial charge in [-0.3, -0.25) is 0 Å². The van der Waals surface area contributed by atoms with Crippen molar-refractivity contribution in [1.82, 2.24) is 0 Å². The Bertz CT molecular complexity index is 2770. The average Bonchev–Trinajstić information content (AvgIpc) is 3.70. The third-order valence-electron chi connectivity index (χ3n) is 12.5. The first-order valence-electron chi connectivity index (χ1n) is 19.8. The number of hydrogen-bond donors (Lipinski definition) is 0. The third kappa shape index (κ3) is 5.23. The minimum atomic E-state index is -0.564. The number of benzene rings is 8. The van der Waals surface area contributed by atoms with Crippen LogP contribution in [0.4, 0.5) is 17.1 Å². The highest BCUT2D eigenvalue weighted by Crippen LogP contribution is 2.60. The molecule has 0 saturated heterocycles. The molecule has 0 unspecified atom stereocenters. The number of hydrogen-bond acceptors (Lipinski definition) is 1. The lowest BCUT2D eigenvalue weighted by atomic mass is 9.67. The van der Waals surface area contributed by atoms with E-state index in [1.165, 1.54) is 66.8 Å². The van der Waals surface area contributed by atoms with Crippen LogP contribution in [0.1, 0.15) is 58.4 Å². The lowest BCUT2D eigenvalue weighted by Crippen LogP contribution is -2.28. The number of nitrogens with zero attached hydrogens (tertiary/aromatic N) is 1. The summed E-state index contributed by atoms with van der Waals surface area (Å²) in [6, 6.07) is 69.6. The van der Waals surface area contributed by atoms with Crippen LogP contribution in [0.3, 0.4) is 0 Å². The van der Waals surface area contributed by atoms with Gasteiger partial charge in [-0.05, 0) is 103 Å². The molecular weight excluding hydrogens is 687 g/mol. The van der Waals surface area contributed by atoms with Crippen LogP contribution < -0.4 is 4.90 Å². The molecule has 57 heavy (non-hydrogen) atoms. The first-order chi connectivity index (χ1) is 27.9. The van der Waals surface area contributed by atoms with Crippen molar-refractivity contribution in [2.24, 2.45) is 0 Å². The van der Waals surface area contributed by atoms with Crippen molar-refractivity contribution in [3.05, 3.63) is 246 Å². The quantitative estimate of drug-likeness (QED) is 0.151. The fourth-order valence-electron chi connectivity index (χ4n) is 9.71. The molecule has 0 radical (unpaired) electrons. The Balaban J connectivity index is 1.25. The number of anilines is 3. The van der Waals surface area contributed by atoms with Crippen molar-refractivity contribution >= 4 is 29.2 Å². The van der Waals surface area contributed by atoms with E-state index in [1.54, 1.807) is 0 Å². The molecule has 0 bridgehead atoms. The van der Waals surface area contributed by atoms with E-state index in [0.717, 1.165) is 28.2 Å². The molecule has 0 aliphatic heterocycles. The molecule has 8 aromatic carbocycles. The largest absolute Gasteiger partial charge is 0.310 e. The monoisotopic (exact) mass is 729 g/mol. The summed E-state index contributed by atoms with van der Waals surface area (Å²) in [5.41, 5.74) is 20.1. The molecule has 2 aliphatic rings. The molecule has 1 nitrogen and oxygen atoms in total. The van der Waals surface area contributed by atoms with Gasteiger partial charge in [-0.1, -0.05) is 197 Å². The zero-order valence-corrected chi connectivity index (χ0v) is 32.4. The Hall–Kier alpha value is -6.96. The Morgan fingerprint density at radius 3 is 1.60 bits per heavy atom. The van der Waals surface area contributed by atoms with Crippen molar-refractivity contribution in [3.63, 3.8) is 0 Å². The summed E-state index contributed by atoms with van der Waals surface area (Å²) >= 11 is 0. The van der Waals surface area contributed by atoms with Crippen LogP contribution in [-0.2, 0) is 10.8 Å². The van der Waals surface area contributed by atoms with Gasteiger partial charge in [0.15, 0.2) is 0 Å². The first-order valence-corrected chi connectivity index (χ1v) is 19.8. The second-order valence-corrected chi connectivity index (χ2v) is 15.8. The van der Waals surface area contributed by atoms with Gasteiger partial charge in [-0.2, -0.15) is 0 Å². The van der Waals surface area contributed by atoms with Crippen LogP contribution in [0.25, 0.3) is 45.5 Å². The van der Waals surface area contributed by atoms with Gasteiger partial charge in [-0.15, -0.1) is 0 Å². The maximum atomic E-state index is 4.06. The average molecular weight is 730 g/mol. The summed E-state index contributed by atoms with van der Waals surface area (Å²) in [5.74, 6) is 0. The van der Waals surface area contributed by atoms with Crippen LogP contribution >= 0.6 is 0 Å². The van der Waals surface area contributed by atoms with E-state index in [4.69, 9.17) is 0 Å². The third-order valence-corrected chi connectivity index (χ3v) is 12.5. The lowest BCUT2D eigenvalue weighted by Gasteiger charge is -2.35. The van der Waals surface area contributed by atoms with Crippen molar-refractivity contribution in [2.75, 3.05) is 4.90 Å². The molecule has 0 atom stereocenters. The van der Waals surface area contributed by atoms with Gasteiger partial charge in [-0.25, -0.2) is 0 Å². The van der Waals surface area contributed by atoms with Crippen molar-refractivity contribution in [2.45, 2.75) is 24.7 Å². The minimum absolute atomic E-state index is 0.139. The zero-order valence-electron chi connectivity index (χ0n) is 32.4. The smallest absolute Gasteiger partial charge is 0.0714 e. The fraction of sp³-hybridized carbons (Fsp3) is 0.0714. The molecule has 0 spiro atoms. The Labute approximate surface area is 336 Å². The second kappa shape index (κ2) is 13.4. The predicted molar refractivity (Wildman–Crippen MR) is 242 cm³/mol. The molecular formula is C56H43N. The Morgan fingerprint density at radius 1 is 0.421 bits per heavy atom. The van der Waals surface area contributed by atoms with Crippen molar-refractivity contribution < 1.29 is 0 Å². The fourth-order valence-corrected chi connectivity index (χ4v) is 9.71. The van der Waals surface area contributed by atoms with Crippen LogP contribution in [0.15, 0.2) is 201 Å².